The summed E-state index contributed by atoms with van der Waals surface area (Å²) in [5, 5.41) is 13.8. The van der Waals surface area contributed by atoms with Crippen molar-refractivity contribution in [1.29, 1.82) is 0 Å². The van der Waals surface area contributed by atoms with Crippen molar-refractivity contribution in [2.75, 3.05) is 12.4 Å². The first kappa shape index (κ1) is 15.4. The number of nitrogens with one attached hydrogen (secondary N) is 1. The molecule has 1 heterocycles. The molecule has 1 atom stereocenters. The van der Waals surface area contributed by atoms with Crippen molar-refractivity contribution in [3.63, 3.8) is 0 Å². The number of aromatic nitrogens is 1. The Labute approximate surface area is 127 Å². The van der Waals surface area contributed by atoms with Gasteiger partial charge in [0.05, 0.1) is 17.7 Å². The molecule has 0 saturated carbocycles. The number of hydrogen-bond donors (Lipinski definition) is 1. The number of benzene rings is 1. The van der Waals surface area contributed by atoms with E-state index in [-0.39, 0.29) is 11.5 Å². The van der Waals surface area contributed by atoms with Gasteiger partial charge in [-0.1, -0.05) is 30.3 Å². The van der Waals surface area contributed by atoms with E-state index in [9.17, 15) is 14.9 Å². The summed E-state index contributed by atoms with van der Waals surface area (Å²) in [7, 11) is 1.25. The number of anilines is 1. The second kappa shape index (κ2) is 6.66. The Morgan fingerprint density at radius 3 is 2.55 bits per heavy atom. The van der Waals surface area contributed by atoms with E-state index in [1.807, 2.05) is 30.3 Å². The summed E-state index contributed by atoms with van der Waals surface area (Å²) in [4.78, 5) is 26.3. The van der Waals surface area contributed by atoms with Crippen LogP contribution in [0.15, 0.2) is 42.5 Å². The summed E-state index contributed by atoms with van der Waals surface area (Å²) < 4.78 is 4.60. The number of carbonyl (C=O) groups excluding carboxylic acids is 1. The lowest BCUT2D eigenvalue weighted by molar-refractivity contribution is -0.384. The Bertz CT molecular complexity index is 688. The molecule has 2 rings (SSSR count). The molecule has 1 N–H and O–H groups in total. The largest absolute Gasteiger partial charge is 0.467 e. The van der Waals surface area contributed by atoms with E-state index in [4.69, 9.17) is 0 Å². The highest BCUT2D eigenvalue weighted by Gasteiger charge is 2.21. The van der Waals surface area contributed by atoms with Gasteiger partial charge in [-0.3, -0.25) is 10.1 Å². The fourth-order valence-electron chi connectivity index (χ4n) is 1.92. The molecule has 1 aromatic carbocycles. The van der Waals surface area contributed by atoms with Crippen LogP contribution >= 0.6 is 0 Å². The summed E-state index contributed by atoms with van der Waals surface area (Å²) in [6.07, 6.45) is 0. The zero-order valence-electron chi connectivity index (χ0n) is 12.1. The number of pyridine rings is 1. The van der Waals surface area contributed by atoms with Crippen LogP contribution in [0.2, 0.25) is 0 Å². The molecule has 7 heteroatoms. The summed E-state index contributed by atoms with van der Waals surface area (Å²) in [5.41, 5.74) is 1.20. The first-order valence-corrected chi connectivity index (χ1v) is 6.58. The van der Waals surface area contributed by atoms with Crippen molar-refractivity contribution < 1.29 is 14.5 Å². The maximum absolute atomic E-state index is 11.5. The average Bonchev–Trinajstić information content (AvgIpc) is 2.54. The fourth-order valence-corrected chi connectivity index (χ4v) is 1.92. The molecule has 0 unspecified atom stereocenters. The summed E-state index contributed by atoms with van der Waals surface area (Å²) in [5.74, 6) is -0.495. The van der Waals surface area contributed by atoms with Crippen molar-refractivity contribution in [3.05, 3.63) is 52.6 Å². The van der Waals surface area contributed by atoms with Crippen LogP contribution in [0.1, 0.15) is 6.92 Å². The van der Waals surface area contributed by atoms with Crippen LogP contribution in [-0.4, -0.2) is 29.0 Å². The predicted molar refractivity (Wildman–Crippen MR) is 81.4 cm³/mol. The predicted octanol–water partition coefficient (Wildman–Crippen LogP) is 2.63. The Morgan fingerprint density at radius 1 is 1.27 bits per heavy atom. The number of ether oxygens (including phenoxy) is 1. The van der Waals surface area contributed by atoms with Crippen LogP contribution in [0.4, 0.5) is 11.5 Å². The number of esters is 1. The van der Waals surface area contributed by atoms with Gasteiger partial charge in [0, 0.05) is 11.6 Å². The van der Waals surface area contributed by atoms with Crippen LogP contribution in [0.25, 0.3) is 11.3 Å². The normalized spacial score (nSPS) is 11.5. The van der Waals surface area contributed by atoms with Gasteiger partial charge in [-0.15, -0.1) is 0 Å². The van der Waals surface area contributed by atoms with Crippen LogP contribution in [0.3, 0.4) is 0 Å². The minimum Gasteiger partial charge on any atom is -0.467 e. The molecule has 0 saturated heterocycles. The van der Waals surface area contributed by atoms with E-state index in [0.717, 1.165) is 5.56 Å². The van der Waals surface area contributed by atoms with Gasteiger partial charge in [0.1, 0.15) is 6.04 Å². The smallest absolute Gasteiger partial charge is 0.328 e. The van der Waals surface area contributed by atoms with Crippen molar-refractivity contribution in [1.82, 2.24) is 4.98 Å². The van der Waals surface area contributed by atoms with Gasteiger partial charge in [0.15, 0.2) is 0 Å². The summed E-state index contributed by atoms with van der Waals surface area (Å²) in [6, 6.07) is 11.5. The lowest BCUT2D eigenvalue weighted by Gasteiger charge is -2.13. The maximum atomic E-state index is 11.5. The van der Waals surface area contributed by atoms with Gasteiger partial charge in [0.25, 0.3) is 0 Å². The molecule has 0 radical (unpaired) electrons. The lowest BCUT2D eigenvalue weighted by Crippen LogP contribution is -2.28. The molecule has 0 fully saturated rings. The molecule has 0 amide bonds. The van der Waals surface area contributed by atoms with Crippen LogP contribution in [0.5, 0.6) is 0 Å². The number of rotatable bonds is 5. The van der Waals surface area contributed by atoms with Crippen molar-refractivity contribution >= 4 is 17.5 Å². The van der Waals surface area contributed by atoms with Crippen molar-refractivity contribution in [2.45, 2.75) is 13.0 Å². The molecule has 0 bridgehead atoms. The number of methoxy groups -OCH3 is 1. The molecule has 2 aromatic rings. The van der Waals surface area contributed by atoms with Gasteiger partial charge in [-0.05, 0) is 13.0 Å². The molecule has 7 nitrogen and oxygen atoms in total. The van der Waals surface area contributed by atoms with E-state index >= 15 is 0 Å². The minimum atomic E-state index is -0.748. The average molecular weight is 301 g/mol. The lowest BCUT2D eigenvalue weighted by atomic mass is 10.1. The molecule has 1 aromatic heterocycles. The van der Waals surface area contributed by atoms with E-state index in [1.165, 1.54) is 13.2 Å². The molecule has 0 spiro atoms. The van der Waals surface area contributed by atoms with Crippen molar-refractivity contribution in [3.8, 4) is 11.3 Å². The van der Waals surface area contributed by atoms with E-state index in [0.29, 0.717) is 5.69 Å². The highest BCUT2D eigenvalue weighted by Crippen LogP contribution is 2.27. The Morgan fingerprint density at radius 2 is 1.95 bits per heavy atom. The van der Waals surface area contributed by atoms with E-state index in [2.05, 4.69) is 15.0 Å². The number of nitrogens with zero attached hydrogens (tertiary/aromatic N) is 2. The molecule has 0 aliphatic rings. The van der Waals surface area contributed by atoms with E-state index < -0.39 is 16.9 Å². The highest BCUT2D eigenvalue weighted by molar-refractivity contribution is 5.79. The minimum absolute atomic E-state index is 0.0317. The second-order valence-electron chi connectivity index (χ2n) is 4.58. The zero-order valence-corrected chi connectivity index (χ0v) is 12.1. The molecular weight excluding hydrogens is 286 g/mol. The number of hydrogen-bond acceptors (Lipinski definition) is 6. The molecule has 0 aliphatic carbocycles. The van der Waals surface area contributed by atoms with Gasteiger partial charge in [-0.25, -0.2) is 9.78 Å². The monoisotopic (exact) mass is 301 g/mol. The van der Waals surface area contributed by atoms with Gasteiger partial charge < -0.3 is 10.1 Å². The Kier molecular flexibility index (Phi) is 4.67. The number of nitro groups is 1. The molecule has 0 aliphatic heterocycles. The highest BCUT2D eigenvalue weighted by atomic mass is 16.6. The first-order chi connectivity index (χ1) is 10.5. The Balaban J connectivity index is 2.40. The van der Waals surface area contributed by atoms with Gasteiger partial charge in [0.2, 0.25) is 5.82 Å². The summed E-state index contributed by atoms with van der Waals surface area (Å²) >= 11 is 0. The van der Waals surface area contributed by atoms with Crippen LogP contribution < -0.4 is 5.32 Å². The van der Waals surface area contributed by atoms with Gasteiger partial charge >= 0.3 is 11.7 Å². The first-order valence-electron chi connectivity index (χ1n) is 6.58. The molecular formula is C15H15N3O4. The molecule has 114 valence electrons. The van der Waals surface area contributed by atoms with Crippen LogP contribution in [0, 0.1) is 10.1 Å². The van der Waals surface area contributed by atoms with Crippen LogP contribution in [-0.2, 0) is 9.53 Å². The third-order valence-electron chi connectivity index (χ3n) is 3.05. The fraction of sp³-hybridized carbons (Fsp3) is 0.200. The third kappa shape index (κ3) is 3.38. The van der Waals surface area contributed by atoms with Gasteiger partial charge in [-0.2, -0.15) is 0 Å². The third-order valence-corrected chi connectivity index (χ3v) is 3.05. The Hall–Kier alpha value is -2.96. The van der Waals surface area contributed by atoms with E-state index in [1.54, 1.807) is 13.0 Å². The second-order valence-corrected chi connectivity index (χ2v) is 4.58. The number of carbonyl (C=O) groups is 1. The zero-order chi connectivity index (χ0) is 16.1. The maximum Gasteiger partial charge on any atom is 0.328 e. The topological polar surface area (TPSA) is 94.4 Å². The SMILES string of the molecule is COC(=O)[C@H](C)Nc1nc(-c2ccccc2)ccc1[N+](=O)[O-]. The quantitative estimate of drug-likeness (QED) is 0.518. The standard InChI is InChI=1S/C15H15N3O4/c1-10(15(19)22-2)16-14-13(18(20)21)9-8-12(17-14)11-6-4-3-5-7-11/h3-10H,1-2H3,(H,16,17)/t10-/m0/s1. The summed E-state index contributed by atoms with van der Waals surface area (Å²) in [6.45, 7) is 1.55. The molecule has 22 heavy (non-hydrogen) atoms. The van der Waals surface area contributed by atoms with Crippen molar-refractivity contribution in [2.24, 2.45) is 0 Å².